The fourth-order valence-corrected chi connectivity index (χ4v) is 3.06. The van der Waals surface area contributed by atoms with E-state index >= 15 is 0 Å². The summed E-state index contributed by atoms with van der Waals surface area (Å²) in [4.78, 5) is 6.64. The van der Waals surface area contributed by atoms with Gasteiger partial charge in [-0.1, -0.05) is 12.1 Å². The summed E-state index contributed by atoms with van der Waals surface area (Å²) >= 11 is 1.65. The molecule has 3 nitrogen and oxygen atoms in total. The lowest BCUT2D eigenvalue weighted by Crippen LogP contribution is -2.37. The van der Waals surface area contributed by atoms with E-state index in [1.165, 1.54) is 12.1 Å². The number of nitrogens with two attached hydrogens (primary N) is 1. The van der Waals surface area contributed by atoms with Gasteiger partial charge in [0.05, 0.1) is 10.7 Å². The minimum Gasteiger partial charge on any atom is -0.326 e. The van der Waals surface area contributed by atoms with Crippen molar-refractivity contribution in [1.82, 2.24) is 9.88 Å². The van der Waals surface area contributed by atoms with Crippen molar-refractivity contribution < 1.29 is 4.39 Å². The Bertz CT molecular complexity index is 551. The number of nitrogens with zero attached hydrogens (tertiary/aromatic N) is 2. The van der Waals surface area contributed by atoms with Crippen LogP contribution in [0.5, 0.6) is 0 Å². The van der Waals surface area contributed by atoms with E-state index in [9.17, 15) is 4.39 Å². The molecule has 20 heavy (non-hydrogen) atoms. The molecule has 2 atom stereocenters. The van der Waals surface area contributed by atoms with Crippen LogP contribution in [0.3, 0.4) is 0 Å². The van der Waals surface area contributed by atoms with Gasteiger partial charge in [0, 0.05) is 24.0 Å². The molecule has 0 radical (unpaired) electrons. The Hall–Kier alpha value is -1.30. The first-order valence-electron chi connectivity index (χ1n) is 6.59. The highest BCUT2D eigenvalue weighted by Gasteiger charge is 2.21. The van der Waals surface area contributed by atoms with Crippen molar-refractivity contribution in [3.05, 3.63) is 51.7 Å². The van der Waals surface area contributed by atoms with E-state index in [2.05, 4.69) is 15.3 Å². The Balaban J connectivity index is 2.17. The normalized spacial score (nSPS) is 14.5. The van der Waals surface area contributed by atoms with Crippen LogP contribution in [-0.4, -0.2) is 23.0 Å². The third kappa shape index (κ3) is 3.62. The number of halogens is 1. The average molecular weight is 293 g/mol. The molecule has 108 valence electrons. The fraction of sp³-hybridized carbons (Fsp3) is 0.400. The molecule has 0 spiro atoms. The first-order chi connectivity index (χ1) is 9.47. The van der Waals surface area contributed by atoms with Gasteiger partial charge in [-0.25, -0.2) is 9.37 Å². The van der Waals surface area contributed by atoms with E-state index in [0.29, 0.717) is 0 Å². The number of likely N-dealkylation sites (N-methyl/N-ethyl adjacent to an activating group) is 1. The molecule has 2 unspecified atom stereocenters. The third-order valence-corrected chi connectivity index (χ3v) is 4.08. The van der Waals surface area contributed by atoms with Crippen molar-refractivity contribution in [2.75, 3.05) is 7.05 Å². The zero-order valence-corrected chi connectivity index (χ0v) is 12.8. The van der Waals surface area contributed by atoms with Gasteiger partial charge < -0.3 is 5.73 Å². The second kappa shape index (κ2) is 6.43. The van der Waals surface area contributed by atoms with E-state index in [1.807, 2.05) is 20.9 Å². The maximum absolute atomic E-state index is 13.0. The van der Waals surface area contributed by atoms with Gasteiger partial charge in [-0.3, -0.25) is 4.90 Å². The van der Waals surface area contributed by atoms with Gasteiger partial charge in [0.1, 0.15) is 5.82 Å². The topological polar surface area (TPSA) is 42.2 Å². The first-order valence-corrected chi connectivity index (χ1v) is 7.47. The smallest absolute Gasteiger partial charge is 0.123 e. The number of thiazole rings is 1. The van der Waals surface area contributed by atoms with Crippen molar-refractivity contribution in [3.63, 3.8) is 0 Å². The van der Waals surface area contributed by atoms with Crippen LogP contribution in [0.4, 0.5) is 4.39 Å². The molecule has 2 aromatic rings. The highest BCUT2D eigenvalue weighted by molar-refractivity contribution is 7.09. The second-order valence-electron chi connectivity index (χ2n) is 5.13. The van der Waals surface area contributed by atoms with Gasteiger partial charge >= 0.3 is 0 Å². The van der Waals surface area contributed by atoms with Gasteiger partial charge in [-0.05, 0) is 38.6 Å². The minimum absolute atomic E-state index is 0.0395. The van der Waals surface area contributed by atoms with Crippen molar-refractivity contribution in [2.45, 2.75) is 32.5 Å². The van der Waals surface area contributed by atoms with Crippen LogP contribution < -0.4 is 5.73 Å². The number of benzene rings is 1. The van der Waals surface area contributed by atoms with E-state index in [0.717, 1.165) is 22.8 Å². The van der Waals surface area contributed by atoms with Crippen LogP contribution in [0.25, 0.3) is 0 Å². The number of hydrogen-bond acceptors (Lipinski definition) is 4. The molecule has 0 aliphatic rings. The lowest BCUT2D eigenvalue weighted by Gasteiger charge is -2.31. The Labute approximate surface area is 123 Å². The predicted octanol–water partition coefficient (Wildman–Crippen LogP) is 3.11. The number of hydrogen-bond donors (Lipinski definition) is 1. The van der Waals surface area contributed by atoms with Crippen molar-refractivity contribution in [3.8, 4) is 0 Å². The molecule has 0 aliphatic carbocycles. The van der Waals surface area contributed by atoms with Crippen LogP contribution in [0.2, 0.25) is 0 Å². The molecule has 0 fully saturated rings. The molecule has 5 heteroatoms. The Kier molecular flexibility index (Phi) is 4.86. The molecular weight excluding hydrogens is 273 g/mol. The summed E-state index contributed by atoms with van der Waals surface area (Å²) in [6, 6.07) is 6.54. The molecule has 2 rings (SSSR count). The molecule has 1 heterocycles. The fourth-order valence-electron chi connectivity index (χ4n) is 2.45. The van der Waals surface area contributed by atoms with E-state index in [4.69, 9.17) is 5.73 Å². The molecular formula is C15H20FN3S. The van der Waals surface area contributed by atoms with Crippen molar-refractivity contribution >= 4 is 11.3 Å². The van der Waals surface area contributed by atoms with Crippen molar-refractivity contribution in [2.24, 2.45) is 5.73 Å². The minimum atomic E-state index is -0.227. The summed E-state index contributed by atoms with van der Waals surface area (Å²) in [6.07, 6.45) is 0. The average Bonchev–Trinajstić information content (AvgIpc) is 2.77. The van der Waals surface area contributed by atoms with E-state index in [1.54, 1.807) is 23.5 Å². The summed E-state index contributed by atoms with van der Waals surface area (Å²) in [6.45, 7) is 4.70. The largest absolute Gasteiger partial charge is 0.326 e. The van der Waals surface area contributed by atoms with Gasteiger partial charge in [0.25, 0.3) is 0 Å². The molecule has 1 aromatic heterocycles. The van der Waals surface area contributed by atoms with E-state index in [-0.39, 0.29) is 17.9 Å². The van der Waals surface area contributed by atoms with Gasteiger partial charge in [0.15, 0.2) is 0 Å². The zero-order chi connectivity index (χ0) is 14.7. The van der Waals surface area contributed by atoms with Crippen molar-refractivity contribution in [1.29, 1.82) is 0 Å². The van der Waals surface area contributed by atoms with Crippen LogP contribution in [0.15, 0.2) is 29.6 Å². The highest BCUT2D eigenvalue weighted by Crippen LogP contribution is 2.24. The molecule has 0 saturated heterocycles. The van der Waals surface area contributed by atoms with Gasteiger partial charge in [0.2, 0.25) is 0 Å². The van der Waals surface area contributed by atoms with Crippen LogP contribution in [-0.2, 0) is 6.54 Å². The monoisotopic (exact) mass is 293 g/mol. The number of aryl methyl sites for hydroxylation is 1. The SMILES string of the molecule is Cc1nc(CN(C)C(c2ccc(F)cc2)C(C)N)cs1. The lowest BCUT2D eigenvalue weighted by atomic mass is 9.99. The zero-order valence-electron chi connectivity index (χ0n) is 12.0. The Morgan fingerprint density at radius 1 is 1.35 bits per heavy atom. The summed E-state index contributed by atoms with van der Waals surface area (Å²) < 4.78 is 13.0. The molecule has 0 bridgehead atoms. The van der Waals surface area contributed by atoms with E-state index < -0.39 is 0 Å². The molecule has 0 amide bonds. The first kappa shape index (κ1) is 15.1. The van der Waals surface area contributed by atoms with Crippen LogP contribution >= 0.6 is 11.3 Å². The van der Waals surface area contributed by atoms with Gasteiger partial charge in [-0.15, -0.1) is 11.3 Å². The van der Waals surface area contributed by atoms with Gasteiger partial charge in [-0.2, -0.15) is 0 Å². The predicted molar refractivity (Wildman–Crippen MR) is 81.1 cm³/mol. The lowest BCUT2D eigenvalue weighted by molar-refractivity contribution is 0.209. The summed E-state index contributed by atoms with van der Waals surface area (Å²) in [5.41, 5.74) is 8.18. The Morgan fingerprint density at radius 3 is 2.50 bits per heavy atom. The maximum atomic E-state index is 13.0. The molecule has 0 aliphatic heterocycles. The maximum Gasteiger partial charge on any atom is 0.123 e. The standard InChI is InChI=1S/C15H20FN3S/c1-10(17)15(12-4-6-13(16)7-5-12)19(3)8-14-9-20-11(2)18-14/h4-7,9-10,15H,8,17H2,1-3H3. The number of rotatable bonds is 5. The molecule has 1 aromatic carbocycles. The Morgan fingerprint density at radius 2 is 2.00 bits per heavy atom. The summed E-state index contributed by atoms with van der Waals surface area (Å²) in [7, 11) is 2.02. The highest BCUT2D eigenvalue weighted by atomic mass is 32.1. The van der Waals surface area contributed by atoms with Crippen LogP contribution in [0, 0.1) is 12.7 Å². The molecule has 2 N–H and O–H groups in total. The quantitative estimate of drug-likeness (QED) is 0.921. The number of aromatic nitrogens is 1. The molecule has 0 saturated carbocycles. The second-order valence-corrected chi connectivity index (χ2v) is 6.19. The summed E-state index contributed by atoms with van der Waals surface area (Å²) in [5.74, 6) is -0.227. The summed E-state index contributed by atoms with van der Waals surface area (Å²) in [5, 5.41) is 3.13. The van der Waals surface area contributed by atoms with Crippen LogP contribution in [0.1, 0.15) is 29.2 Å². The third-order valence-electron chi connectivity index (χ3n) is 3.26.